The van der Waals surface area contributed by atoms with E-state index in [1.54, 1.807) is 4.68 Å². The van der Waals surface area contributed by atoms with Crippen LogP contribution in [0.3, 0.4) is 0 Å². The van der Waals surface area contributed by atoms with Crippen LogP contribution < -0.4 is 5.48 Å². The number of aromatic nitrogens is 2. The van der Waals surface area contributed by atoms with E-state index < -0.39 is 0 Å². The van der Waals surface area contributed by atoms with Gasteiger partial charge < -0.3 is 5.21 Å². The summed E-state index contributed by atoms with van der Waals surface area (Å²) in [5, 5.41) is 14.0. The molecule has 0 saturated carbocycles. The molecule has 0 atom stereocenters. The largest absolute Gasteiger partial charge is 0.316 e. The van der Waals surface area contributed by atoms with Gasteiger partial charge in [-0.25, -0.2) is 5.48 Å². The molecule has 0 fully saturated rings. The standard InChI is InChI=1S/C9H10ClN3O/c1-13-8-3-2-6(5-11-14)4-7(8)9(10)12-13/h2-4,11,14H,5H2,1H3. The Kier molecular flexibility index (Phi) is 2.41. The zero-order chi connectivity index (χ0) is 10.1. The molecule has 1 aromatic carbocycles. The van der Waals surface area contributed by atoms with Crippen molar-refractivity contribution >= 4 is 22.5 Å². The van der Waals surface area contributed by atoms with Crippen LogP contribution in [0.4, 0.5) is 0 Å². The second-order valence-electron chi connectivity index (χ2n) is 3.10. The minimum Gasteiger partial charge on any atom is -0.316 e. The highest BCUT2D eigenvalue weighted by Gasteiger charge is 2.06. The number of nitrogens with one attached hydrogen (secondary N) is 1. The second kappa shape index (κ2) is 3.57. The van der Waals surface area contributed by atoms with E-state index in [1.807, 2.05) is 25.2 Å². The molecular weight excluding hydrogens is 202 g/mol. The van der Waals surface area contributed by atoms with Crippen LogP contribution >= 0.6 is 11.6 Å². The Hall–Kier alpha value is -1.10. The van der Waals surface area contributed by atoms with Crippen molar-refractivity contribution in [2.45, 2.75) is 6.54 Å². The number of hydroxylamine groups is 1. The summed E-state index contributed by atoms with van der Waals surface area (Å²) < 4.78 is 1.73. The smallest absolute Gasteiger partial charge is 0.158 e. The number of fused-ring (bicyclic) bond motifs is 1. The maximum Gasteiger partial charge on any atom is 0.158 e. The first-order chi connectivity index (χ1) is 6.72. The van der Waals surface area contributed by atoms with Crippen LogP contribution in [0.2, 0.25) is 5.15 Å². The van der Waals surface area contributed by atoms with E-state index >= 15 is 0 Å². The molecule has 0 unspecified atom stereocenters. The predicted octanol–water partition coefficient (Wildman–Crippen LogP) is 1.71. The highest BCUT2D eigenvalue weighted by Crippen LogP contribution is 2.23. The van der Waals surface area contributed by atoms with Crippen molar-refractivity contribution in [3.8, 4) is 0 Å². The van der Waals surface area contributed by atoms with Crippen molar-refractivity contribution in [2.24, 2.45) is 7.05 Å². The molecule has 1 heterocycles. The minimum absolute atomic E-state index is 0.404. The third kappa shape index (κ3) is 1.48. The highest BCUT2D eigenvalue weighted by atomic mass is 35.5. The van der Waals surface area contributed by atoms with Gasteiger partial charge in [0.1, 0.15) is 0 Å². The lowest BCUT2D eigenvalue weighted by Gasteiger charge is -1.99. The summed E-state index contributed by atoms with van der Waals surface area (Å²) in [6.07, 6.45) is 0. The van der Waals surface area contributed by atoms with E-state index in [-0.39, 0.29) is 0 Å². The van der Waals surface area contributed by atoms with Gasteiger partial charge in [0.25, 0.3) is 0 Å². The summed E-state index contributed by atoms with van der Waals surface area (Å²) in [6.45, 7) is 0.404. The molecule has 0 spiro atoms. The van der Waals surface area contributed by atoms with Crippen molar-refractivity contribution in [3.63, 3.8) is 0 Å². The average Bonchev–Trinajstić information content (AvgIpc) is 2.43. The molecule has 4 nitrogen and oxygen atoms in total. The lowest BCUT2D eigenvalue weighted by molar-refractivity contribution is 0.161. The fourth-order valence-corrected chi connectivity index (χ4v) is 1.74. The first-order valence-corrected chi connectivity index (χ1v) is 4.58. The van der Waals surface area contributed by atoms with Crippen LogP contribution in [0.1, 0.15) is 5.56 Å². The summed E-state index contributed by atoms with van der Waals surface area (Å²) in [6, 6.07) is 5.76. The number of hydrogen-bond donors (Lipinski definition) is 2. The summed E-state index contributed by atoms with van der Waals surface area (Å²) >= 11 is 5.94. The Labute approximate surface area is 86.1 Å². The molecule has 2 aromatic rings. The lowest BCUT2D eigenvalue weighted by atomic mass is 10.1. The van der Waals surface area contributed by atoms with E-state index in [1.165, 1.54) is 0 Å². The summed E-state index contributed by atoms with van der Waals surface area (Å²) in [5.41, 5.74) is 4.06. The summed E-state index contributed by atoms with van der Waals surface area (Å²) in [7, 11) is 1.85. The van der Waals surface area contributed by atoms with Gasteiger partial charge in [0.05, 0.1) is 5.52 Å². The van der Waals surface area contributed by atoms with Gasteiger partial charge in [-0.05, 0) is 17.7 Å². The van der Waals surface area contributed by atoms with Gasteiger partial charge in [-0.1, -0.05) is 17.7 Å². The number of rotatable bonds is 2. The highest BCUT2D eigenvalue weighted by molar-refractivity contribution is 6.34. The SMILES string of the molecule is Cn1nc(Cl)c2cc(CNO)ccc21. The molecule has 74 valence electrons. The summed E-state index contributed by atoms with van der Waals surface area (Å²) in [4.78, 5) is 0. The van der Waals surface area contributed by atoms with E-state index in [2.05, 4.69) is 10.6 Å². The van der Waals surface area contributed by atoms with E-state index in [9.17, 15) is 0 Å². The third-order valence-corrected chi connectivity index (χ3v) is 2.43. The number of hydrogen-bond acceptors (Lipinski definition) is 3. The normalized spacial score (nSPS) is 11.1. The fourth-order valence-electron chi connectivity index (χ4n) is 1.47. The van der Waals surface area contributed by atoms with E-state index in [0.717, 1.165) is 16.5 Å². The van der Waals surface area contributed by atoms with Crippen LogP contribution in [-0.4, -0.2) is 15.0 Å². The van der Waals surface area contributed by atoms with Crippen LogP contribution in [0.5, 0.6) is 0 Å². The molecule has 0 amide bonds. The van der Waals surface area contributed by atoms with Crippen LogP contribution in [0.25, 0.3) is 10.9 Å². The van der Waals surface area contributed by atoms with Gasteiger partial charge in [-0.15, -0.1) is 0 Å². The van der Waals surface area contributed by atoms with Gasteiger partial charge in [-0.3, -0.25) is 4.68 Å². The molecule has 14 heavy (non-hydrogen) atoms. The number of aryl methyl sites for hydroxylation is 1. The van der Waals surface area contributed by atoms with Crippen molar-refractivity contribution in [1.29, 1.82) is 0 Å². The monoisotopic (exact) mass is 211 g/mol. The molecule has 0 radical (unpaired) electrons. The third-order valence-electron chi connectivity index (χ3n) is 2.15. The summed E-state index contributed by atoms with van der Waals surface area (Å²) in [5.74, 6) is 0. The Balaban J connectivity index is 2.59. The molecule has 0 aliphatic heterocycles. The zero-order valence-corrected chi connectivity index (χ0v) is 8.41. The average molecular weight is 212 g/mol. The Morgan fingerprint density at radius 3 is 3.07 bits per heavy atom. The van der Waals surface area contributed by atoms with Gasteiger partial charge in [0, 0.05) is 19.0 Å². The quantitative estimate of drug-likeness (QED) is 0.744. The first kappa shape index (κ1) is 9.45. The lowest BCUT2D eigenvalue weighted by Crippen LogP contribution is -2.05. The molecule has 0 saturated heterocycles. The molecule has 0 aliphatic rings. The Morgan fingerprint density at radius 1 is 1.57 bits per heavy atom. The Morgan fingerprint density at radius 2 is 2.36 bits per heavy atom. The van der Waals surface area contributed by atoms with Crippen molar-refractivity contribution in [1.82, 2.24) is 15.3 Å². The van der Waals surface area contributed by atoms with Crippen LogP contribution in [-0.2, 0) is 13.6 Å². The zero-order valence-electron chi connectivity index (χ0n) is 7.66. The fraction of sp³-hybridized carbons (Fsp3) is 0.222. The van der Waals surface area contributed by atoms with Gasteiger partial charge in [0.2, 0.25) is 0 Å². The van der Waals surface area contributed by atoms with Crippen molar-refractivity contribution in [2.75, 3.05) is 0 Å². The Bertz CT molecular complexity index is 466. The molecule has 2 N–H and O–H groups in total. The molecule has 2 rings (SSSR count). The molecule has 0 aliphatic carbocycles. The minimum atomic E-state index is 0.404. The van der Waals surface area contributed by atoms with E-state index in [0.29, 0.717) is 11.7 Å². The van der Waals surface area contributed by atoms with Gasteiger partial charge >= 0.3 is 0 Å². The number of benzene rings is 1. The second-order valence-corrected chi connectivity index (χ2v) is 3.46. The van der Waals surface area contributed by atoms with Gasteiger partial charge in [-0.2, -0.15) is 5.10 Å². The van der Waals surface area contributed by atoms with Crippen LogP contribution in [0, 0.1) is 0 Å². The van der Waals surface area contributed by atoms with Crippen molar-refractivity contribution < 1.29 is 5.21 Å². The molecule has 5 heteroatoms. The van der Waals surface area contributed by atoms with E-state index in [4.69, 9.17) is 16.8 Å². The maximum absolute atomic E-state index is 8.56. The topological polar surface area (TPSA) is 50.1 Å². The molecular formula is C9H10ClN3O. The molecule has 0 bridgehead atoms. The number of nitrogens with zero attached hydrogens (tertiary/aromatic N) is 2. The first-order valence-electron chi connectivity index (χ1n) is 4.20. The van der Waals surface area contributed by atoms with Crippen LogP contribution in [0.15, 0.2) is 18.2 Å². The molecule has 1 aromatic heterocycles. The predicted molar refractivity (Wildman–Crippen MR) is 54.4 cm³/mol. The van der Waals surface area contributed by atoms with Gasteiger partial charge in [0.15, 0.2) is 5.15 Å². The van der Waals surface area contributed by atoms with Crippen molar-refractivity contribution in [3.05, 3.63) is 28.9 Å². The number of halogens is 1. The maximum atomic E-state index is 8.56.